The third-order valence-electron chi connectivity index (χ3n) is 4.77. The van der Waals surface area contributed by atoms with Crippen LogP contribution in [0.2, 0.25) is 0 Å². The Morgan fingerprint density at radius 3 is 2.35 bits per heavy atom. The number of carbonyl (C=O) groups is 2. The number of benzene rings is 2. The van der Waals surface area contributed by atoms with Gasteiger partial charge in [-0.1, -0.05) is 32.0 Å². The van der Waals surface area contributed by atoms with Crippen molar-refractivity contribution in [3.8, 4) is 17.2 Å². The number of hydrazone groups is 1. The first-order valence-corrected chi connectivity index (χ1v) is 11.5. The van der Waals surface area contributed by atoms with Gasteiger partial charge in [0.05, 0.1) is 19.4 Å². The molecule has 0 saturated carbocycles. The summed E-state index contributed by atoms with van der Waals surface area (Å²) in [6, 6.07) is 12.1. The summed E-state index contributed by atoms with van der Waals surface area (Å²) in [4.78, 5) is 25.1. The third kappa shape index (κ3) is 8.77. The quantitative estimate of drug-likeness (QED) is 0.343. The summed E-state index contributed by atoms with van der Waals surface area (Å²) in [6.45, 7) is 10.5. The summed E-state index contributed by atoms with van der Waals surface area (Å²) in [5, 5.41) is 6.80. The molecule has 8 nitrogen and oxygen atoms in total. The number of rotatable bonds is 13. The number of nitrogens with one attached hydrogen (secondary N) is 2. The highest BCUT2D eigenvalue weighted by Crippen LogP contribution is 2.28. The van der Waals surface area contributed by atoms with E-state index in [1.54, 1.807) is 18.2 Å². The monoisotopic (exact) mass is 469 g/mol. The number of amides is 2. The number of aryl methyl sites for hydroxylation is 1. The molecule has 0 aliphatic rings. The molecule has 184 valence electrons. The number of hydrogen-bond donors (Lipinski definition) is 2. The number of carbonyl (C=O) groups excluding carboxylic acids is 2. The van der Waals surface area contributed by atoms with Crippen LogP contribution in [0.4, 0.5) is 0 Å². The molecule has 0 spiro atoms. The third-order valence-corrected chi connectivity index (χ3v) is 4.77. The lowest BCUT2D eigenvalue weighted by atomic mass is 10.0. The molecule has 0 heterocycles. The zero-order valence-corrected chi connectivity index (χ0v) is 20.6. The molecule has 2 rings (SSSR count). The highest BCUT2D eigenvalue weighted by Gasteiger charge is 2.22. The lowest BCUT2D eigenvalue weighted by molar-refractivity contribution is -0.130. The molecule has 2 aromatic rings. The lowest BCUT2D eigenvalue weighted by Crippen LogP contribution is -2.47. The molecule has 34 heavy (non-hydrogen) atoms. The van der Waals surface area contributed by atoms with E-state index in [0.717, 1.165) is 11.1 Å². The second kappa shape index (κ2) is 13.9. The number of ether oxygens (including phenoxy) is 3. The van der Waals surface area contributed by atoms with Crippen LogP contribution in [0.25, 0.3) is 0 Å². The molecule has 1 atom stereocenters. The molecule has 0 saturated heterocycles. The predicted octanol–water partition coefficient (Wildman–Crippen LogP) is 3.85. The molecular weight excluding hydrogens is 434 g/mol. The minimum atomic E-state index is -0.732. The van der Waals surface area contributed by atoms with Gasteiger partial charge in [0.2, 0.25) is 0 Å². The van der Waals surface area contributed by atoms with E-state index in [-0.39, 0.29) is 18.4 Å². The molecule has 0 aromatic heterocycles. The van der Waals surface area contributed by atoms with Gasteiger partial charge in [0.15, 0.2) is 18.1 Å². The molecule has 2 amide bonds. The van der Waals surface area contributed by atoms with Gasteiger partial charge in [-0.2, -0.15) is 5.10 Å². The van der Waals surface area contributed by atoms with Crippen molar-refractivity contribution in [2.45, 2.75) is 47.1 Å². The van der Waals surface area contributed by atoms with E-state index in [2.05, 4.69) is 15.8 Å². The van der Waals surface area contributed by atoms with Crippen LogP contribution < -0.4 is 25.0 Å². The van der Waals surface area contributed by atoms with Gasteiger partial charge in [0.1, 0.15) is 11.8 Å². The molecule has 0 aliphatic heterocycles. The van der Waals surface area contributed by atoms with Gasteiger partial charge in [0, 0.05) is 0 Å². The van der Waals surface area contributed by atoms with Crippen LogP contribution in [-0.4, -0.2) is 43.9 Å². The maximum absolute atomic E-state index is 12.7. The fourth-order valence-electron chi connectivity index (χ4n) is 3.20. The van der Waals surface area contributed by atoms with Crippen molar-refractivity contribution in [1.29, 1.82) is 0 Å². The van der Waals surface area contributed by atoms with Crippen molar-refractivity contribution in [3.05, 3.63) is 53.6 Å². The van der Waals surface area contributed by atoms with E-state index in [9.17, 15) is 9.59 Å². The highest BCUT2D eigenvalue weighted by molar-refractivity contribution is 5.89. The van der Waals surface area contributed by atoms with Crippen LogP contribution in [-0.2, 0) is 9.59 Å². The number of para-hydroxylation sites is 1. The topological polar surface area (TPSA) is 98.2 Å². The van der Waals surface area contributed by atoms with Gasteiger partial charge < -0.3 is 19.5 Å². The van der Waals surface area contributed by atoms with Crippen LogP contribution >= 0.6 is 0 Å². The van der Waals surface area contributed by atoms with Crippen molar-refractivity contribution in [3.63, 3.8) is 0 Å². The van der Waals surface area contributed by atoms with Crippen molar-refractivity contribution >= 4 is 18.0 Å². The minimum Gasteiger partial charge on any atom is -0.490 e. The fourth-order valence-corrected chi connectivity index (χ4v) is 3.20. The van der Waals surface area contributed by atoms with E-state index in [1.165, 1.54) is 6.21 Å². The second-order valence-corrected chi connectivity index (χ2v) is 8.11. The van der Waals surface area contributed by atoms with Gasteiger partial charge in [-0.3, -0.25) is 9.59 Å². The molecule has 0 fully saturated rings. The molecule has 0 aliphatic carbocycles. The fraction of sp³-hybridized carbons (Fsp3) is 0.423. The van der Waals surface area contributed by atoms with Gasteiger partial charge in [0.25, 0.3) is 11.8 Å². The Balaban J connectivity index is 1.97. The van der Waals surface area contributed by atoms with E-state index in [1.807, 2.05) is 58.9 Å². The summed E-state index contributed by atoms with van der Waals surface area (Å²) >= 11 is 0. The normalized spacial score (nSPS) is 11.8. The molecule has 2 aromatic carbocycles. The maximum atomic E-state index is 12.7. The van der Waals surface area contributed by atoms with Crippen molar-refractivity contribution in [1.82, 2.24) is 10.7 Å². The molecular formula is C26H35N3O5. The van der Waals surface area contributed by atoms with Gasteiger partial charge in [-0.25, -0.2) is 5.43 Å². The Morgan fingerprint density at radius 1 is 0.971 bits per heavy atom. The van der Waals surface area contributed by atoms with Crippen molar-refractivity contribution < 1.29 is 23.8 Å². The van der Waals surface area contributed by atoms with E-state index < -0.39 is 11.9 Å². The summed E-state index contributed by atoms with van der Waals surface area (Å²) < 4.78 is 16.8. The molecule has 0 unspecified atom stereocenters. The van der Waals surface area contributed by atoms with Crippen LogP contribution in [0.1, 0.15) is 45.2 Å². The number of nitrogens with zero attached hydrogens (tertiary/aromatic N) is 1. The first-order chi connectivity index (χ1) is 16.3. The summed E-state index contributed by atoms with van der Waals surface area (Å²) in [5.41, 5.74) is 4.19. The summed E-state index contributed by atoms with van der Waals surface area (Å²) in [7, 11) is 0. The van der Waals surface area contributed by atoms with E-state index in [4.69, 9.17) is 14.2 Å². The van der Waals surface area contributed by atoms with Crippen LogP contribution in [0.5, 0.6) is 17.2 Å². The van der Waals surface area contributed by atoms with Crippen molar-refractivity contribution in [2.24, 2.45) is 11.0 Å². The highest BCUT2D eigenvalue weighted by atomic mass is 16.5. The molecule has 0 bridgehead atoms. The standard InChI is InChI=1S/C26H35N3O5/c1-6-32-23-13-12-20(15-24(23)33-7-2)16-27-29-26(31)21(14-18(3)4)28-25(30)17-34-22-11-9-8-10-19(22)5/h8-13,15-16,18,21H,6-7,14,17H2,1-5H3,(H,28,30)(H,29,31)/b27-16-/t21-/m0/s1. The predicted molar refractivity (Wildman–Crippen MR) is 133 cm³/mol. The van der Waals surface area contributed by atoms with E-state index >= 15 is 0 Å². The summed E-state index contributed by atoms with van der Waals surface area (Å²) in [5.74, 6) is 1.31. The Labute approximate surface area is 201 Å². The summed E-state index contributed by atoms with van der Waals surface area (Å²) in [6.07, 6.45) is 1.99. The number of hydrogen-bond acceptors (Lipinski definition) is 6. The zero-order chi connectivity index (χ0) is 24.9. The largest absolute Gasteiger partial charge is 0.490 e. The van der Waals surface area contributed by atoms with Gasteiger partial charge in [-0.05, 0) is 68.5 Å². The van der Waals surface area contributed by atoms with Crippen LogP contribution in [0.3, 0.4) is 0 Å². The first-order valence-electron chi connectivity index (χ1n) is 11.5. The Hall–Kier alpha value is -3.55. The Kier molecular flexibility index (Phi) is 10.9. The maximum Gasteiger partial charge on any atom is 0.262 e. The smallest absolute Gasteiger partial charge is 0.262 e. The lowest BCUT2D eigenvalue weighted by Gasteiger charge is -2.19. The first kappa shape index (κ1) is 26.7. The average molecular weight is 470 g/mol. The minimum absolute atomic E-state index is 0.178. The Bertz CT molecular complexity index is 975. The Morgan fingerprint density at radius 2 is 1.68 bits per heavy atom. The SMILES string of the molecule is CCOc1ccc(/C=N\NC(=O)[C@H](CC(C)C)NC(=O)COc2ccccc2C)cc1OCC. The van der Waals surface area contributed by atoms with Gasteiger partial charge in [-0.15, -0.1) is 0 Å². The molecule has 2 N–H and O–H groups in total. The molecule has 0 radical (unpaired) electrons. The van der Waals surface area contributed by atoms with E-state index in [0.29, 0.717) is 36.9 Å². The second-order valence-electron chi connectivity index (χ2n) is 8.11. The zero-order valence-electron chi connectivity index (χ0n) is 20.6. The van der Waals surface area contributed by atoms with Crippen LogP contribution in [0.15, 0.2) is 47.6 Å². The van der Waals surface area contributed by atoms with Gasteiger partial charge >= 0.3 is 0 Å². The average Bonchev–Trinajstić information content (AvgIpc) is 2.79. The van der Waals surface area contributed by atoms with Crippen LogP contribution in [0, 0.1) is 12.8 Å². The van der Waals surface area contributed by atoms with Crippen molar-refractivity contribution in [2.75, 3.05) is 19.8 Å². The molecule has 8 heteroatoms.